The second-order valence-corrected chi connectivity index (χ2v) is 7.88. The zero-order valence-electron chi connectivity index (χ0n) is 18.5. The van der Waals surface area contributed by atoms with E-state index in [1.54, 1.807) is 20.8 Å². The molecular weight excluding hydrogens is 396 g/mol. The summed E-state index contributed by atoms with van der Waals surface area (Å²) in [7, 11) is 0. The number of esters is 1. The Morgan fingerprint density at radius 2 is 1.50 bits per heavy atom. The third kappa shape index (κ3) is 14.6. The zero-order valence-corrected chi connectivity index (χ0v) is 18.5. The highest BCUT2D eigenvalue weighted by atomic mass is 16.6. The fourth-order valence-corrected chi connectivity index (χ4v) is 2.46. The van der Waals surface area contributed by atoms with Gasteiger partial charge in [0.2, 0.25) is 5.91 Å². The molecule has 10 nitrogen and oxygen atoms in total. The van der Waals surface area contributed by atoms with Crippen molar-refractivity contribution in [2.24, 2.45) is 5.73 Å². The minimum Gasteiger partial charge on any atom is -0.460 e. The molecule has 0 saturated carbocycles. The van der Waals surface area contributed by atoms with Crippen LogP contribution in [0.2, 0.25) is 0 Å². The van der Waals surface area contributed by atoms with E-state index in [-0.39, 0.29) is 37.4 Å². The molecule has 1 aliphatic rings. The van der Waals surface area contributed by atoms with Gasteiger partial charge in [0, 0.05) is 13.0 Å². The Balaban J connectivity index is 2.35. The van der Waals surface area contributed by atoms with Gasteiger partial charge in [0.25, 0.3) is 0 Å². The van der Waals surface area contributed by atoms with Crippen molar-refractivity contribution in [2.75, 3.05) is 66.0 Å². The van der Waals surface area contributed by atoms with Gasteiger partial charge in [0.1, 0.15) is 5.60 Å². The minimum atomic E-state index is -0.808. The summed E-state index contributed by atoms with van der Waals surface area (Å²) in [6.07, 6.45) is -0.0663. The number of carbonyl (C=O) groups is 2. The Kier molecular flexibility index (Phi) is 13.8. The standard InChI is InChI=1S/C20H38N2O8/c1-20(2,3)30-18(23)5-4-17(21)19(24)22-14-16-15-28-11-10-26-7-6-25-8-9-27-12-13-29-16/h16-17H,4-15,21H2,1-3H3,(H,22,24)/t16?,17-/m0/s1. The van der Waals surface area contributed by atoms with Crippen LogP contribution in [0.5, 0.6) is 0 Å². The van der Waals surface area contributed by atoms with E-state index < -0.39 is 11.6 Å². The van der Waals surface area contributed by atoms with E-state index in [1.807, 2.05) is 0 Å². The molecule has 1 amide bonds. The first-order valence-corrected chi connectivity index (χ1v) is 10.5. The molecule has 0 aliphatic carbocycles. The summed E-state index contributed by atoms with van der Waals surface area (Å²) < 4.78 is 32.7. The summed E-state index contributed by atoms with van der Waals surface area (Å²) in [5.74, 6) is -0.730. The molecule has 0 bridgehead atoms. The van der Waals surface area contributed by atoms with Gasteiger partial charge in [-0.15, -0.1) is 0 Å². The van der Waals surface area contributed by atoms with Crippen LogP contribution < -0.4 is 11.1 Å². The molecule has 0 radical (unpaired) electrons. The first-order chi connectivity index (χ1) is 14.3. The fraction of sp³-hybridized carbons (Fsp3) is 0.900. The minimum absolute atomic E-state index is 0.0793. The summed E-state index contributed by atoms with van der Waals surface area (Å²) in [5, 5.41) is 2.76. The van der Waals surface area contributed by atoms with E-state index in [0.717, 1.165) is 0 Å². The summed E-state index contributed by atoms with van der Waals surface area (Å²) in [4.78, 5) is 24.0. The van der Waals surface area contributed by atoms with Crippen molar-refractivity contribution in [2.45, 2.75) is 51.4 Å². The Hall–Kier alpha value is -1.30. The molecular formula is C20H38N2O8. The Bertz CT molecular complexity index is 468. The van der Waals surface area contributed by atoms with Crippen molar-refractivity contribution in [3.63, 3.8) is 0 Å². The van der Waals surface area contributed by atoms with Gasteiger partial charge in [-0.1, -0.05) is 0 Å². The molecule has 0 aromatic carbocycles. The SMILES string of the molecule is CC(C)(C)OC(=O)CC[C@H](N)C(=O)NCC1COCCOCCOCCOCCO1. The van der Waals surface area contributed by atoms with Gasteiger partial charge >= 0.3 is 5.97 Å². The maximum absolute atomic E-state index is 12.2. The molecule has 0 spiro atoms. The average Bonchev–Trinajstić information content (AvgIpc) is 2.68. The van der Waals surface area contributed by atoms with Crippen LogP contribution in [-0.2, 0) is 38.0 Å². The molecule has 0 aromatic heterocycles. The third-order valence-corrected chi connectivity index (χ3v) is 3.92. The maximum Gasteiger partial charge on any atom is 0.306 e. The molecule has 0 aromatic rings. The summed E-state index contributed by atoms with van der Waals surface area (Å²) in [5.41, 5.74) is 5.33. The number of hydrogen-bond donors (Lipinski definition) is 2. The highest BCUT2D eigenvalue weighted by Crippen LogP contribution is 2.09. The van der Waals surface area contributed by atoms with Crippen LogP contribution in [0.1, 0.15) is 33.6 Å². The Morgan fingerprint density at radius 1 is 0.967 bits per heavy atom. The van der Waals surface area contributed by atoms with E-state index in [0.29, 0.717) is 59.5 Å². The second kappa shape index (κ2) is 15.5. The average molecular weight is 435 g/mol. The number of ether oxygens (including phenoxy) is 6. The maximum atomic E-state index is 12.2. The highest BCUT2D eigenvalue weighted by molar-refractivity contribution is 5.82. The number of carbonyl (C=O) groups excluding carboxylic acids is 2. The largest absolute Gasteiger partial charge is 0.460 e. The van der Waals surface area contributed by atoms with Crippen LogP contribution in [0.3, 0.4) is 0 Å². The van der Waals surface area contributed by atoms with Crippen molar-refractivity contribution >= 4 is 11.9 Å². The van der Waals surface area contributed by atoms with Crippen molar-refractivity contribution in [1.82, 2.24) is 5.32 Å². The van der Waals surface area contributed by atoms with Gasteiger partial charge < -0.3 is 39.5 Å². The lowest BCUT2D eigenvalue weighted by Crippen LogP contribution is -2.45. The summed E-state index contributed by atoms with van der Waals surface area (Å²) in [6, 6.07) is -0.808. The van der Waals surface area contributed by atoms with Crippen molar-refractivity contribution in [1.29, 1.82) is 0 Å². The van der Waals surface area contributed by atoms with Gasteiger partial charge in [0.15, 0.2) is 0 Å². The lowest BCUT2D eigenvalue weighted by Gasteiger charge is -2.21. The molecule has 1 heterocycles. The van der Waals surface area contributed by atoms with E-state index in [1.165, 1.54) is 0 Å². The fourth-order valence-electron chi connectivity index (χ4n) is 2.46. The van der Waals surface area contributed by atoms with Gasteiger partial charge in [-0.3, -0.25) is 9.59 Å². The molecule has 1 unspecified atom stereocenters. The van der Waals surface area contributed by atoms with E-state index in [2.05, 4.69) is 5.32 Å². The lowest BCUT2D eigenvalue weighted by atomic mass is 10.1. The predicted octanol–water partition coefficient (Wildman–Crippen LogP) is 0.0170. The highest BCUT2D eigenvalue weighted by Gasteiger charge is 2.20. The monoisotopic (exact) mass is 434 g/mol. The topological polar surface area (TPSA) is 128 Å². The third-order valence-electron chi connectivity index (χ3n) is 3.92. The number of amides is 1. The van der Waals surface area contributed by atoms with Crippen molar-refractivity contribution < 1.29 is 38.0 Å². The van der Waals surface area contributed by atoms with Crippen LogP contribution in [0.25, 0.3) is 0 Å². The number of nitrogens with two attached hydrogens (primary N) is 1. The van der Waals surface area contributed by atoms with Crippen LogP contribution >= 0.6 is 0 Å². The van der Waals surface area contributed by atoms with Crippen LogP contribution in [0, 0.1) is 0 Å². The molecule has 1 saturated heterocycles. The molecule has 1 aliphatic heterocycles. The van der Waals surface area contributed by atoms with Gasteiger partial charge in [-0.05, 0) is 27.2 Å². The van der Waals surface area contributed by atoms with Gasteiger partial charge in [-0.2, -0.15) is 0 Å². The quantitative estimate of drug-likeness (QED) is 0.556. The molecule has 2 atom stereocenters. The van der Waals surface area contributed by atoms with Crippen LogP contribution in [0.4, 0.5) is 0 Å². The van der Waals surface area contributed by atoms with Gasteiger partial charge in [0.05, 0.1) is 71.6 Å². The summed E-state index contributed by atoms with van der Waals surface area (Å²) >= 11 is 0. The molecule has 1 rings (SSSR count). The van der Waals surface area contributed by atoms with E-state index in [9.17, 15) is 9.59 Å². The number of hydrogen-bond acceptors (Lipinski definition) is 9. The van der Waals surface area contributed by atoms with E-state index >= 15 is 0 Å². The summed E-state index contributed by atoms with van der Waals surface area (Å²) in [6.45, 7) is 9.56. The zero-order chi connectivity index (χ0) is 22.2. The Morgan fingerprint density at radius 3 is 2.07 bits per heavy atom. The van der Waals surface area contributed by atoms with Crippen LogP contribution in [-0.4, -0.2) is 95.6 Å². The van der Waals surface area contributed by atoms with Crippen molar-refractivity contribution in [3.8, 4) is 0 Å². The normalized spacial score (nSPS) is 21.7. The molecule has 3 N–H and O–H groups in total. The first-order valence-electron chi connectivity index (χ1n) is 10.5. The molecule has 1 fully saturated rings. The predicted molar refractivity (Wildman–Crippen MR) is 109 cm³/mol. The van der Waals surface area contributed by atoms with Crippen molar-refractivity contribution in [3.05, 3.63) is 0 Å². The number of nitrogens with one attached hydrogen (secondary N) is 1. The second-order valence-electron chi connectivity index (χ2n) is 7.88. The Labute approximate surface area is 179 Å². The van der Waals surface area contributed by atoms with E-state index in [4.69, 9.17) is 34.2 Å². The lowest BCUT2D eigenvalue weighted by molar-refractivity contribution is -0.155. The molecule has 10 heteroatoms. The first kappa shape index (κ1) is 26.7. The van der Waals surface area contributed by atoms with Crippen LogP contribution in [0.15, 0.2) is 0 Å². The van der Waals surface area contributed by atoms with Gasteiger partial charge in [-0.25, -0.2) is 0 Å². The molecule has 176 valence electrons. The smallest absolute Gasteiger partial charge is 0.306 e. The molecule has 30 heavy (non-hydrogen) atoms. The number of rotatable bonds is 6.